The van der Waals surface area contributed by atoms with Crippen LogP contribution < -0.4 is 10.4 Å². The van der Waals surface area contributed by atoms with E-state index in [9.17, 15) is 0 Å². The van der Waals surface area contributed by atoms with Crippen LogP contribution in [0.3, 0.4) is 0 Å². The number of unbranched alkanes of at least 4 members (excludes halogenated alkanes) is 6. The normalized spacial score (nSPS) is 24.6. The fourth-order valence-electron chi connectivity index (χ4n) is 7.42. The first-order valence-corrected chi connectivity index (χ1v) is 18.0. The van der Waals surface area contributed by atoms with Crippen LogP contribution in [-0.2, 0) is 4.43 Å². The molecule has 214 valence electrons. The zero-order chi connectivity index (χ0) is 27.7. The highest BCUT2D eigenvalue weighted by Crippen LogP contribution is 2.42. The van der Waals surface area contributed by atoms with Gasteiger partial charge in [-0.1, -0.05) is 139 Å². The summed E-state index contributed by atoms with van der Waals surface area (Å²) in [5, 5.41) is 2.81. The lowest BCUT2D eigenvalue weighted by atomic mass is 9.84. The van der Waals surface area contributed by atoms with Gasteiger partial charge >= 0.3 is 0 Å². The lowest BCUT2D eigenvalue weighted by molar-refractivity contribution is -0.0393. The summed E-state index contributed by atoms with van der Waals surface area (Å²) >= 11 is 0. The molecule has 0 aliphatic carbocycles. The molecule has 0 unspecified atom stereocenters. The third-order valence-corrected chi connectivity index (χ3v) is 14.5. The van der Waals surface area contributed by atoms with E-state index in [1.165, 1.54) is 87.4 Å². The maximum Gasteiger partial charge on any atom is 0.261 e. The lowest BCUT2D eigenvalue weighted by Gasteiger charge is -2.54. The molecule has 0 aromatic heterocycles. The van der Waals surface area contributed by atoms with Gasteiger partial charge in [0.05, 0.1) is 6.10 Å². The Labute approximate surface area is 241 Å². The van der Waals surface area contributed by atoms with Crippen molar-refractivity contribution in [2.75, 3.05) is 0 Å². The van der Waals surface area contributed by atoms with Crippen LogP contribution in [0.1, 0.15) is 112 Å². The summed E-state index contributed by atoms with van der Waals surface area (Å²) < 4.78 is 7.69. The predicted molar refractivity (Wildman–Crippen MR) is 172 cm³/mol. The van der Waals surface area contributed by atoms with Crippen molar-refractivity contribution in [3.8, 4) is 0 Å². The molecule has 0 N–H and O–H groups in total. The van der Waals surface area contributed by atoms with Crippen LogP contribution in [0.4, 0.5) is 0 Å². The third kappa shape index (κ3) is 7.15. The quantitative estimate of drug-likeness (QED) is 0.150. The fourth-order valence-corrected chi connectivity index (χ4v) is 12.2. The third-order valence-electron chi connectivity index (χ3n) is 9.46. The van der Waals surface area contributed by atoms with Gasteiger partial charge in [-0.2, -0.15) is 0 Å². The van der Waals surface area contributed by atoms with Crippen molar-refractivity contribution in [3.63, 3.8) is 0 Å². The van der Waals surface area contributed by atoms with E-state index in [4.69, 9.17) is 4.43 Å². The zero-order valence-electron chi connectivity index (χ0n) is 25.6. The number of rotatable bonds is 12. The minimum absolute atomic E-state index is 0.0185. The molecule has 2 fully saturated rings. The summed E-state index contributed by atoms with van der Waals surface area (Å²) in [6.07, 6.45) is 21.2. The molecule has 3 heteroatoms. The smallest absolute Gasteiger partial charge is 0.261 e. The minimum Gasteiger partial charge on any atom is -0.403 e. The fraction of sp³-hybridized carbons (Fsp3) is 0.611. The molecule has 4 rings (SSSR count). The Kier molecular flexibility index (Phi) is 11.1. The van der Waals surface area contributed by atoms with Crippen molar-refractivity contribution in [3.05, 3.63) is 72.8 Å². The number of allylic oxidation sites excluding steroid dienone is 1. The Hall–Kier alpha value is -1.68. The monoisotopic (exact) mass is 545 g/mol. The highest BCUT2D eigenvalue weighted by molar-refractivity contribution is 6.99. The van der Waals surface area contributed by atoms with Crippen LogP contribution in [0, 0.1) is 0 Å². The number of nitrogens with zero attached hydrogens (tertiary/aromatic N) is 1. The Morgan fingerprint density at radius 3 is 2.05 bits per heavy atom. The highest BCUT2D eigenvalue weighted by Gasteiger charge is 2.53. The summed E-state index contributed by atoms with van der Waals surface area (Å²) in [5.41, 5.74) is 0. The molecule has 0 spiro atoms. The second kappa shape index (κ2) is 14.3. The number of piperidine rings is 2. The molecule has 2 aliphatic rings. The van der Waals surface area contributed by atoms with Gasteiger partial charge in [0.1, 0.15) is 0 Å². The molecule has 0 bridgehead atoms. The van der Waals surface area contributed by atoms with Gasteiger partial charge in [-0.25, -0.2) is 0 Å². The average molecular weight is 546 g/mol. The van der Waals surface area contributed by atoms with E-state index in [0.29, 0.717) is 18.1 Å². The van der Waals surface area contributed by atoms with Crippen LogP contribution in [0.2, 0.25) is 5.04 Å². The molecule has 2 saturated heterocycles. The molecule has 2 nitrogen and oxygen atoms in total. The Morgan fingerprint density at radius 1 is 0.821 bits per heavy atom. The van der Waals surface area contributed by atoms with E-state index in [1.807, 2.05) is 0 Å². The first-order valence-electron chi connectivity index (χ1n) is 16.1. The van der Waals surface area contributed by atoms with Crippen molar-refractivity contribution >= 4 is 18.7 Å². The number of benzene rings is 2. The Bertz CT molecular complexity index is 958. The topological polar surface area (TPSA) is 12.5 Å². The van der Waals surface area contributed by atoms with E-state index in [0.717, 1.165) is 0 Å². The van der Waals surface area contributed by atoms with E-state index in [2.05, 4.69) is 112 Å². The van der Waals surface area contributed by atoms with Crippen LogP contribution in [0.5, 0.6) is 0 Å². The standard InChI is InChI=1S/C36H55NOSi/c1-6-7-8-9-10-11-12-15-21-31-22-20-23-32-28-29-35(30(2)37(31)32)38-39(36(3,4)5,33-24-16-13-17-25-33)34-26-18-14-19-27-34/h13-19,21,24-27,30-32,35H,6-12,20,22-23,28-29H2,1-5H3/b21-15+/t30-,31-,32+,35+/m0/s1. The van der Waals surface area contributed by atoms with Gasteiger partial charge in [-0.05, 0) is 60.9 Å². The number of hydrogen-bond donors (Lipinski definition) is 0. The van der Waals surface area contributed by atoms with Crippen molar-refractivity contribution in [1.29, 1.82) is 0 Å². The predicted octanol–water partition coefficient (Wildman–Crippen LogP) is 8.64. The maximum absolute atomic E-state index is 7.69. The minimum atomic E-state index is -2.55. The molecule has 2 aliphatic heterocycles. The van der Waals surface area contributed by atoms with Crippen LogP contribution in [0.25, 0.3) is 0 Å². The summed E-state index contributed by atoms with van der Waals surface area (Å²) in [7, 11) is -2.55. The lowest BCUT2D eigenvalue weighted by Crippen LogP contribution is -2.70. The molecule has 2 aromatic carbocycles. The van der Waals surface area contributed by atoms with E-state index < -0.39 is 8.32 Å². The molecular weight excluding hydrogens is 490 g/mol. The molecule has 4 atom stereocenters. The van der Waals surface area contributed by atoms with Gasteiger partial charge in [0.25, 0.3) is 8.32 Å². The first-order chi connectivity index (χ1) is 18.9. The summed E-state index contributed by atoms with van der Waals surface area (Å²) in [6, 6.07) is 24.1. The van der Waals surface area contributed by atoms with E-state index in [1.54, 1.807) is 0 Å². The molecule has 39 heavy (non-hydrogen) atoms. The van der Waals surface area contributed by atoms with Gasteiger partial charge in [0, 0.05) is 18.1 Å². The van der Waals surface area contributed by atoms with Crippen molar-refractivity contribution in [1.82, 2.24) is 4.90 Å². The van der Waals surface area contributed by atoms with Crippen molar-refractivity contribution in [2.24, 2.45) is 0 Å². The molecule has 0 amide bonds. The van der Waals surface area contributed by atoms with E-state index >= 15 is 0 Å². The van der Waals surface area contributed by atoms with Gasteiger partial charge in [0.15, 0.2) is 0 Å². The highest BCUT2D eigenvalue weighted by atomic mass is 28.4. The molecular formula is C36H55NOSi. The van der Waals surface area contributed by atoms with Crippen LogP contribution in [-0.4, -0.2) is 37.4 Å². The van der Waals surface area contributed by atoms with Crippen molar-refractivity contribution in [2.45, 2.75) is 141 Å². The van der Waals surface area contributed by atoms with Gasteiger partial charge in [-0.15, -0.1) is 0 Å². The van der Waals surface area contributed by atoms with Crippen molar-refractivity contribution < 1.29 is 4.43 Å². The van der Waals surface area contributed by atoms with Gasteiger partial charge in [0.2, 0.25) is 0 Å². The SMILES string of the molecule is CCCCCCCC/C=C/[C@H]1CCC[C@@H]2CC[C@@H](O[Si](c3ccccc3)(c3ccccc3)C(C)(C)C)[C@H](C)N21. The number of hydrogen-bond acceptors (Lipinski definition) is 2. The maximum atomic E-state index is 7.69. The zero-order valence-corrected chi connectivity index (χ0v) is 26.6. The molecule has 0 radical (unpaired) electrons. The van der Waals surface area contributed by atoms with Gasteiger partial charge < -0.3 is 4.43 Å². The number of fused-ring (bicyclic) bond motifs is 1. The summed E-state index contributed by atoms with van der Waals surface area (Å²) in [5.74, 6) is 0. The molecule has 2 aromatic rings. The van der Waals surface area contributed by atoms with Gasteiger partial charge in [-0.3, -0.25) is 4.90 Å². The first kappa shape index (κ1) is 30.3. The second-order valence-corrected chi connectivity index (χ2v) is 17.5. The van der Waals surface area contributed by atoms with Crippen LogP contribution >= 0.6 is 0 Å². The molecule has 2 heterocycles. The average Bonchev–Trinajstić information content (AvgIpc) is 2.94. The second-order valence-electron chi connectivity index (χ2n) is 13.2. The Balaban J connectivity index is 1.54. The summed E-state index contributed by atoms with van der Waals surface area (Å²) in [4.78, 5) is 2.87. The van der Waals surface area contributed by atoms with E-state index in [-0.39, 0.29) is 11.1 Å². The Morgan fingerprint density at radius 2 is 1.44 bits per heavy atom. The summed E-state index contributed by atoms with van der Waals surface area (Å²) in [6.45, 7) is 12.0. The largest absolute Gasteiger partial charge is 0.403 e. The van der Waals surface area contributed by atoms with Crippen LogP contribution in [0.15, 0.2) is 72.8 Å². The molecule has 0 saturated carbocycles.